The number of methoxy groups -OCH3 is 1. The Kier molecular flexibility index (Phi) is 6.85. The molecule has 174 valence electrons. The number of sulfone groups is 1. The van der Waals surface area contributed by atoms with Crippen LogP contribution < -0.4 is 15.0 Å². The third-order valence-electron chi connectivity index (χ3n) is 5.47. The second-order valence-corrected chi connectivity index (χ2v) is 10.7. The lowest BCUT2D eigenvalue weighted by Crippen LogP contribution is -2.49. The van der Waals surface area contributed by atoms with Crippen LogP contribution in [-0.2, 0) is 21.1 Å². The highest BCUT2D eigenvalue weighted by Gasteiger charge is 2.22. The lowest BCUT2D eigenvalue weighted by Gasteiger charge is -2.36. The van der Waals surface area contributed by atoms with Gasteiger partial charge in [-0.25, -0.2) is 13.4 Å². The molecule has 1 amide bonds. The number of benzene rings is 2. The van der Waals surface area contributed by atoms with Crippen molar-refractivity contribution >= 4 is 43.6 Å². The largest absolute Gasteiger partial charge is 0.497 e. The first kappa shape index (κ1) is 23.1. The minimum atomic E-state index is -3.23. The highest BCUT2D eigenvalue weighted by molar-refractivity contribution is 7.90. The van der Waals surface area contributed by atoms with Crippen LogP contribution in [0.1, 0.15) is 5.69 Å². The number of nitrogens with zero attached hydrogens (tertiary/aromatic N) is 3. The number of hydrogen-bond donors (Lipinski definition) is 1. The molecule has 0 radical (unpaired) electrons. The molecule has 0 bridgehead atoms. The quantitative estimate of drug-likeness (QED) is 0.548. The van der Waals surface area contributed by atoms with Crippen molar-refractivity contribution < 1.29 is 17.9 Å². The van der Waals surface area contributed by atoms with Gasteiger partial charge in [-0.15, -0.1) is 11.3 Å². The van der Waals surface area contributed by atoms with Crippen molar-refractivity contribution in [3.8, 4) is 5.75 Å². The number of aromatic nitrogens is 1. The first-order valence-electron chi connectivity index (χ1n) is 10.5. The number of carbonyl (C=O) groups is 1. The number of ether oxygens (including phenoxy) is 1. The smallest absolute Gasteiger partial charge is 0.228 e. The number of rotatable bonds is 7. The molecule has 1 aliphatic rings. The Hall–Kier alpha value is -3.11. The van der Waals surface area contributed by atoms with Crippen molar-refractivity contribution in [2.75, 3.05) is 49.8 Å². The molecule has 0 aliphatic carbocycles. The van der Waals surface area contributed by atoms with Gasteiger partial charge in [0.1, 0.15) is 5.75 Å². The normalized spacial score (nSPS) is 14.2. The second-order valence-electron chi connectivity index (χ2n) is 7.81. The SMILES string of the molecule is COc1cccc(N2CCN(C(=O)Cc3csc(Nc4ccc(S(C)(=O)=O)cc4)n3)CC2)c1. The lowest BCUT2D eigenvalue weighted by atomic mass is 10.2. The molecule has 1 fully saturated rings. The first-order chi connectivity index (χ1) is 15.8. The van der Waals surface area contributed by atoms with Crippen molar-refractivity contribution in [3.05, 3.63) is 59.6 Å². The van der Waals surface area contributed by atoms with E-state index in [4.69, 9.17) is 4.74 Å². The molecule has 0 spiro atoms. The van der Waals surface area contributed by atoms with Crippen LogP contribution in [-0.4, -0.2) is 63.8 Å². The van der Waals surface area contributed by atoms with Crippen LogP contribution in [0.2, 0.25) is 0 Å². The van der Waals surface area contributed by atoms with Gasteiger partial charge in [0.25, 0.3) is 0 Å². The Bertz CT molecular complexity index is 1220. The Labute approximate surface area is 197 Å². The van der Waals surface area contributed by atoms with Crippen LogP contribution in [0.25, 0.3) is 0 Å². The van der Waals surface area contributed by atoms with Crippen LogP contribution in [0.15, 0.2) is 58.8 Å². The highest BCUT2D eigenvalue weighted by Crippen LogP contribution is 2.24. The molecule has 3 aromatic rings. The zero-order chi connectivity index (χ0) is 23.4. The van der Waals surface area contributed by atoms with Gasteiger partial charge in [0.05, 0.1) is 24.1 Å². The van der Waals surface area contributed by atoms with Gasteiger partial charge in [0.2, 0.25) is 5.91 Å². The number of amides is 1. The molecule has 0 unspecified atom stereocenters. The van der Waals surface area contributed by atoms with Gasteiger partial charge < -0.3 is 19.9 Å². The van der Waals surface area contributed by atoms with Gasteiger partial charge in [-0.3, -0.25) is 4.79 Å². The summed E-state index contributed by atoms with van der Waals surface area (Å²) in [5, 5.41) is 5.69. The summed E-state index contributed by atoms with van der Waals surface area (Å²) in [4.78, 5) is 21.7. The van der Waals surface area contributed by atoms with E-state index in [0.29, 0.717) is 18.2 Å². The number of anilines is 3. The second kappa shape index (κ2) is 9.80. The summed E-state index contributed by atoms with van der Waals surface area (Å²) in [6.45, 7) is 2.87. The van der Waals surface area contributed by atoms with Crippen LogP contribution >= 0.6 is 11.3 Å². The van der Waals surface area contributed by atoms with E-state index in [-0.39, 0.29) is 17.2 Å². The Morgan fingerprint density at radius 2 is 1.85 bits per heavy atom. The van der Waals surface area contributed by atoms with Gasteiger partial charge in [-0.1, -0.05) is 6.07 Å². The molecule has 10 heteroatoms. The van der Waals surface area contributed by atoms with E-state index >= 15 is 0 Å². The molecule has 1 saturated heterocycles. The maximum atomic E-state index is 12.8. The van der Waals surface area contributed by atoms with Crippen LogP contribution in [0.5, 0.6) is 5.75 Å². The molecule has 0 atom stereocenters. The highest BCUT2D eigenvalue weighted by atomic mass is 32.2. The third-order valence-corrected chi connectivity index (χ3v) is 7.40. The van der Waals surface area contributed by atoms with Gasteiger partial charge >= 0.3 is 0 Å². The molecule has 1 aliphatic heterocycles. The number of hydrogen-bond acceptors (Lipinski definition) is 8. The molecule has 8 nitrogen and oxygen atoms in total. The van der Waals surface area contributed by atoms with Crippen LogP contribution in [0.4, 0.5) is 16.5 Å². The molecule has 2 heterocycles. The van der Waals surface area contributed by atoms with Gasteiger partial charge in [0.15, 0.2) is 15.0 Å². The maximum Gasteiger partial charge on any atom is 0.228 e. The molecule has 1 N–H and O–H groups in total. The summed E-state index contributed by atoms with van der Waals surface area (Å²) in [5.41, 5.74) is 2.56. The fraction of sp³-hybridized carbons (Fsp3) is 0.304. The van der Waals surface area contributed by atoms with E-state index in [1.807, 2.05) is 28.5 Å². The summed E-state index contributed by atoms with van der Waals surface area (Å²) in [7, 11) is -1.57. The molecule has 4 rings (SSSR count). The number of thiazole rings is 1. The minimum Gasteiger partial charge on any atom is -0.497 e. The Balaban J connectivity index is 1.30. The molecule has 33 heavy (non-hydrogen) atoms. The van der Waals surface area contributed by atoms with Crippen molar-refractivity contribution in [2.24, 2.45) is 0 Å². The maximum absolute atomic E-state index is 12.8. The van der Waals surface area contributed by atoms with Crippen molar-refractivity contribution in [2.45, 2.75) is 11.3 Å². The van der Waals surface area contributed by atoms with Crippen LogP contribution in [0.3, 0.4) is 0 Å². The lowest BCUT2D eigenvalue weighted by molar-refractivity contribution is -0.130. The number of piperazine rings is 1. The zero-order valence-electron chi connectivity index (χ0n) is 18.5. The summed E-state index contributed by atoms with van der Waals surface area (Å²) in [5.74, 6) is 0.889. The van der Waals surface area contributed by atoms with Gasteiger partial charge in [0, 0.05) is 55.3 Å². The third kappa shape index (κ3) is 5.82. The zero-order valence-corrected chi connectivity index (χ0v) is 20.2. The monoisotopic (exact) mass is 486 g/mol. The van der Waals surface area contributed by atoms with Gasteiger partial charge in [-0.05, 0) is 36.4 Å². The Morgan fingerprint density at radius 3 is 2.52 bits per heavy atom. The predicted octanol–water partition coefficient (Wildman–Crippen LogP) is 3.19. The van der Waals surface area contributed by atoms with Crippen molar-refractivity contribution in [1.29, 1.82) is 0 Å². The van der Waals surface area contributed by atoms with Gasteiger partial charge in [-0.2, -0.15) is 0 Å². The van der Waals surface area contributed by atoms with E-state index in [0.717, 1.165) is 35.9 Å². The molecule has 0 saturated carbocycles. The Morgan fingerprint density at radius 1 is 1.12 bits per heavy atom. The summed E-state index contributed by atoms with van der Waals surface area (Å²) in [6, 6.07) is 14.5. The summed E-state index contributed by atoms with van der Waals surface area (Å²) >= 11 is 1.41. The van der Waals surface area contributed by atoms with Crippen LogP contribution in [0, 0.1) is 0 Å². The van der Waals surface area contributed by atoms with E-state index in [1.165, 1.54) is 17.6 Å². The average Bonchev–Trinajstić information content (AvgIpc) is 3.25. The van der Waals surface area contributed by atoms with E-state index < -0.39 is 9.84 Å². The predicted molar refractivity (Wildman–Crippen MR) is 130 cm³/mol. The molecule has 2 aromatic carbocycles. The van der Waals surface area contributed by atoms with E-state index in [9.17, 15) is 13.2 Å². The summed E-state index contributed by atoms with van der Waals surface area (Å²) < 4.78 is 28.5. The summed E-state index contributed by atoms with van der Waals surface area (Å²) in [6.07, 6.45) is 1.43. The van der Waals surface area contributed by atoms with Crippen molar-refractivity contribution in [3.63, 3.8) is 0 Å². The topological polar surface area (TPSA) is 91.8 Å². The minimum absolute atomic E-state index is 0.0645. The standard InChI is InChI=1S/C23H26N4O4S2/c1-31-20-5-3-4-19(15-20)26-10-12-27(13-11-26)22(28)14-18-16-32-23(25-18)24-17-6-8-21(9-7-17)33(2,29)30/h3-9,15-16H,10-14H2,1-2H3,(H,24,25). The number of nitrogens with one attached hydrogen (secondary N) is 1. The van der Waals surface area contributed by atoms with E-state index in [2.05, 4.69) is 21.3 Å². The fourth-order valence-corrected chi connectivity index (χ4v) is 5.00. The molecule has 1 aromatic heterocycles. The molecular weight excluding hydrogens is 460 g/mol. The first-order valence-corrected chi connectivity index (χ1v) is 13.3. The number of carbonyl (C=O) groups excluding carboxylic acids is 1. The van der Waals surface area contributed by atoms with E-state index in [1.54, 1.807) is 31.4 Å². The fourth-order valence-electron chi connectivity index (χ4n) is 3.64. The average molecular weight is 487 g/mol. The molecular formula is C23H26N4O4S2. The van der Waals surface area contributed by atoms with Crippen molar-refractivity contribution in [1.82, 2.24) is 9.88 Å².